The number of hydrogen-bond donors (Lipinski definition) is 2. The average molecular weight is 347 g/mol. The lowest BCUT2D eigenvalue weighted by atomic mass is 10.3. The van der Waals surface area contributed by atoms with E-state index in [0.29, 0.717) is 11.3 Å². The zero-order chi connectivity index (χ0) is 17.2. The fraction of sp³-hybridized carbons (Fsp3) is 0.0714. The van der Waals surface area contributed by atoms with Crippen molar-refractivity contribution in [1.82, 2.24) is 14.6 Å². The van der Waals surface area contributed by atoms with Gasteiger partial charge in [0.05, 0.1) is 36.3 Å². The number of anilines is 2. The van der Waals surface area contributed by atoms with Gasteiger partial charge in [0.1, 0.15) is 0 Å². The summed E-state index contributed by atoms with van der Waals surface area (Å²) in [4.78, 5) is 15.2. The fourth-order valence-corrected chi connectivity index (χ4v) is 2.99. The Morgan fingerprint density at radius 3 is 2.62 bits per heavy atom. The van der Waals surface area contributed by atoms with E-state index in [0.717, 1.165) is 0 Å². The van der Waals surface area contributed by atoms with E-state index in [2.05, 4.69) is 24.9 Å². The lowest BCUT2D eigenvalue weighted by Gasteiger charge is -2.09. The minimum absolute atomic E-state index is 0.0403. The van der Waals surface area contributed by atoms with Crippen LogP contribution in [-0.4, -0.2) is 36.2 Å². The first-order valence-electron chi connectivity index (χ1n) is 6.75. The fourth-order valence-electron chi connectivity index (χ4n) is 1.96. The zero-order valence-corrected chi connectivity index (χ0v) is 13.3. The van der Waals surface area contributed by atoms with Gasteiger partial charge in [-0.1, -0.05) is 0 Å². The summed E-state index contributed by atoms with van der Waals surface area (Å²) in [6.45, 7) is 0. The third kappa shape index (κ3) is 3.27. The second-order valence-electron chi connectivity index (χ2n) is 4.72. The zero-order valence-electron chi connectivity index (χ0n) is 12.5. The van der Waals surface area contributed by atoms with Crippen LogP contribution in [0.15, 0.2) is 53.8 Å². The van der Waals surface area contributed by atoms with Crippen LogP contribution in [0.1, 0.15) is 0 Å². The minimum Gasteiger partial charge on any atom is -0.453 e. The third-order valence-corrected chi connectivity index (χ3v) is 4.49. The molecule has 1 aromatic carbocycles. The smallest absolute Gasteiger partial charge is 0.411 e. The van der Waals surface area contributed by atoms with Gasteiger partial charge < -0.3 is 4.74 Å². The second-order valence-corrected chi connectivity index (χ2v) is 6.41. The molecule has 24 heavy (non-hydrogen) atoms. The predicted octanol–water partition coefficient (Wildman–Crippen LogP) is 1.71. The molecule has 0 unspecified atom stereocenters. The van der Waals surface area contributed by atoms with Crippen molar-refractivity contribution in [2.45, 2.75) is 4.90 Å². The molecule has 0 aliphatic heterocycles. The van der Waals surface area contributed by atoms with Crippen LogP contribution in [0.2, 0.25) is 0 Å². The number of amides is 1. The lowest BCUT2D eigenvalue weighted by molar-refractivity contribution is 0.187. The monoisotopic (exact) mass is 347 g/mol. The molecular formula is C14H13N5O4S. The number of methoxy groups -OCH3 is 1. The van der Waals surface area contributed by atoms with Crippen LogP contribution in [0.25, 0.3) is 5.65 Å². The molecule has 0 spiro atoms. The normalized spacial score (nSPS) is 11.2. The molecule has 0 bridgehead atoms. The Morgan fingerprint density at radius 2 is 1.92 bits per heavy atom. The van der Waals surface area contributed by atoms with Crippen LogP contribution in [0, 0.1) is 0 Å². The average Bonchev–Trinajstić information content (AvgIpc) is 3.02. The number of fused-ring (bicyclic) bond motifs is 1. The first-order chi connectivity index (χ1) is 11.5. The Kier molecular flexibility index (Phi) is 4.04. The molecule has 2 aromatic heterocycles. The van der Waals surface area contributed by atoms with Crippen molar-refractivity contribution in [2.24, 2.45) is 0 Å². The quantitative estimate of drug-likeness (QED) is 0.742. The summed E-state index contributed by atoms with van der Waals surface area (Å²) in [5.74, 6) is 0. The molecule has 0 saturated heterocycles. The van der Waals surface area contributed by atoms with Crippen molar-refractivity contribution < 1.29 is 17.9 Å². The van der Waals surface area contributed by atoms with E-state index in [1.165, 1.54) is 48.3 Å². The maximum absolute atomic E-state index is 12.4. The van der Waals surface area contributed by atoms with Crippen molar-refractivity contribution in [2.75, 3.05) is 17.1 Å². The van der Waals surface area contributed by atoms with Gasteiger partial charge in [-0.15, -0.1) is 0 Å². The third-order valence-electron chi connectivity index (χ3n) is 3.10. The highest BCUT2D eigenvalue weighted by Gasteiger charge is 2.15. The molecule has 2 heterocycles. The van der Waals surface area contributed by atoms with Gasteiger partial charge >= 0.3 is 6.09 Å². The number of carbonyl (C=O) groups excluding carboxylic acids is 1. The summed E-state index contributed by atoms with van der Waals surface area (Å²) >= 11 is 0. The number of carbonyl (C=O) groups is 1. The van der Waals surface area contributed by atoms with E-state index in [4.69, 9.17) is 0 Å². The molecular weight excluding hydrogens is 334 g/mol. The van der Waals surface area contributed by atoms with E-state index in [1.54, 1.807) is 12.3 Å². The van der Waals surface area contributed by atoms with Gasteiger partial charge in [-0.3, -0.25) is 10.0 Å². The van der Waals surface area contributed by atoms with Crippen molar-refractivity contribution >= 4 is 33.1 Å². The van der Waals surface area contributed by atoms with E-state index < -0.39 is 16.1 Å². The Bertz CT molecular complexity index is 982. The molecule has 0 fully saturated rings. The molecule has 3 rings (SSSR count). The molecule has 124 valence electrons. The van der Waals surface area contributed by atoms with Crippen LogP contribution in [0.3, 0.4) is 0 Å². The summed E-state index contributed by atoms with van der Waals surface area (Å²) in [7, 11) is -2.55. The summed E-state index contributed by atoms with van der Waals surface area (Å²) in [5, 5.41) is 6.44. The molecule has 0 atom stereocenters. The summed E-state index contributed by atoms with van der Waals surface area (Å²) < 4.78 is 33.1. The van der Waals surface area contributed by atoms with Crippen molar-refractivity contribution in [3.63, 3.8) is 0 Å². The van der Waals surface area contributed by atoms with E-state index in [9.17, 15) is 13.2 Å². The van der Waals surface area contributed by atoms with Gasteiger partial charge in [0.2, 0.25) is 0 Å². The van der Waals surface area contributed by atoms with Crippen LogP contribution >= 0.6 is 0 Å². The molecule has 9 nitrogen and oxygen atoms in total. The largest absolute Gasteiger partial charge is 0.453 e. The number of benzene rings is 1. The highest BCUT2D eigenvalue weighted by molar-refractivity contribution is 7.92. The van der Waals surface area contributed by atoms with Crippen molar-refractivity contribution in [3.8, 4) is 0 Å². The first-order valence-corrected chi connectivity index (χ1v) is 8.23. The number of aromatic nitrogens is 3. The van der Waals surface area contributed by atoms with Gasteiger partial charge in [0.25, 0.3) is 10.0 Å². The Labute approximate surface area is 137 Å². The van der Waals surface area contributed by atoms with Gasteiger partial charge in [-0.2, -0.15) is 5.10 Å². The molecule has 0 aliphatic carbocycles. The van der Waals surface area contributed by atoms with Crippen LogP contribution in [0.4, 0.5) is 16.2 Å². The van der Waals surface area contributed by atoms with Crippen LogP contribution < -0.4 is 10.0 Å². The maximum atomic E-state index is 12.4. The van der Waals surface area contributed by atoms with Crippen LogP contribution in [0.5, 0.6) is 0 Å². The van der Waals surface area contributed by atoms with Gasteiger partial charge in [0.15, 0.2) is 5.65 Å². The van der Waals surface area contributed by atoms with Gasteiger partial charge in [-0.25, -0.2) is 22.7 Å². The van der Waals surface area contributed by atoms with Crippen LogP contribution in [-0.2, 0) is 14.8 Å². The molecule has 0 radical (unpaired) electrons. The molecule has 3 aromatic rings. The SMILES string of the molecule is COC(=O)Nc1ccc(S(=O)(=O)Nc2cnc3ccnn3c2)cc1. The molecule has 1 amide bonds. The number of nitrogens with one attached hydrogen (secondary N) is 2. The molecule has 2 N–H and O–H groups in total. The number of nitrogens with zero attached hydrogens (tertiary/aromatic N) is 3. The standard InChI is InChI=1S/C14H13N5O4S/c1-23-14(20)17-10-2-4-12(5-3-10)24(21,22)18-11-8-15-13-6-7-16-19(13)9-11/h2-9,18H,1H3,(H,17,20). The van der Waals surface area contributed by atoms with Gasteiger partial charge in [0, 0.05) is 11.8 Å². The predicted molar refractivity (Wildman–Crippen MR) is 86.3 cm³/mol. The molecule has 0 aliphatic rings. The number of sulfonamides is 1. The summed E-state index contributed by atoms with van der Waals surface area (Å²) in [5.41, 5.74) is 1.31. The van der Waals surface area contributed by atoms with Crippen molar-refractivity contribution in [1.29, 1.82) is 0 Å². The Balaban J connectivity index is 1.80. The topological polar surface area (TPSA) is 115 Å². The minimum atomic E-state index is -3.79. The van der Waals surface area contributed by atoms with Gasteiger partial charge in [-0.05, 0) is 24.3 Å². The van der Waals surface area contributed by atoms with Crippen molar-refractivity contribution in [3.05, 3.63) is 48.9 Å². The maximum Gasteiger partial charge on any atom is 0.411 e. The lowest BCUT2D eigenvalue weighted by Crippen LogP contribution is -2.14. The number of hydrogen-bond acceptors (Lipinski definition) is 6. The van der Waals surface area contributed by atoms with E-state index in [1.807, 2.05) is 0 Å². The number of ether oxygens (including phenoxy) is 1. The molecule has 10 heteroatoms. The highest BCUT2D eigenvalue weighted by Crippen LogP contribution is 2.18. The summed E-state index contributed by atoms with van der Waals surface area (Å²) in [6.07, 6.45) is 3.85. The molecule has 0 saturated carbocycles. The highest BCUT2D eigenvalue weighted by atomic mass is 32.2. The van der Waals surface area contributed by atoms with E-state index in [-0.39, 0.29) is 10.6 Å². The second kappa shape index (κ2) is 6.16. The summed E-state index contributed by atoms with van der Waals surface area (Å²) in [6, 6.07) is 7.35. The first kappa shape index (κ1) is 15.7. The Hall–Kier alpha value is -3.14. The number of rotatable bonds is 4. The van der Waals surface area contributed by atoms with E-state index >= 15 is 0 Å². The Morgan fingerprint density at radius 1 is 1.17 bits per heavy atom.